The lowest BCUT2D eigenvalue weighted by atomic mass is 9.85. The zero-order chi connectivity index (χ0) is 70.1. The van der Waals surface area contributed by atoms with E-state index in [4.69, 9.17) is 29.9 Å². The molecule has 11 heterocycles. The molecule has 19 rings (SSSR count). The van der Waals surface area contributed by atoms with Crippen LogP contribution in [-0.4, -0.2) is 54.8 Å². The van der Waals surface area contributed by atoms with E-state index in [-0.39, 0.29) is 17.8 Å². The summed E-state index contributed by atoms with van der Waals surface area (Å²) in [6.07, 6.45) is 31.7. The van der Waals surface area contributed by atoms with Gasteiger partial charge in [-0.25, -0.2) is 29.9 Å². The van der Waals surface area contributed by atoms with Gasteiger partial charge in [-0.2, -0.15) is 0 Å². The van der Waals surface area contributed by atoms with Gasteiger partial charge in [-0.3, -0.25) is 0 Å². The molecule has 5 N–H and O–H groups in total. The van der Waals surface area contributed by atoms with Crippen LogP contribution in [0.25, 0.3) is 128 Å². The molecule has 522 valence electrons. The Morgan fingerprint density at radius 3 is 0.810 bits per heavy atom. The minimum atomic E-state index is -0.165. The minimum absolute atomic E-state index is 0.0592. The number of H-pyrrole nitrogens is 5. The molecular formula is C94H91N11. The number of allylic oxidation sites excluding steroid dienone is 4. The van der Waals surface area contributed by atoms with Crippen LogP contribution >= 0.6 is 0 Å². The number of rotatable bonds is 24. The van der Waals surface area contributed by atoms with Gasteiger partial charge in [0.15, 0.2) is 0 Å². The van der Waals surface area contributed by atoms with Gasteiger partial charge in [0.05, 0.1) is 44.9 Å². The Balaban J connectivity index is 0.844. The number of hydrogen-bond donors (Lipinski definition) is 5. The van der Waals surface area contributed by atoms with Gasteiger partial charge in [0, 0.05) is 96.2 Å². The second-order valence-electron chi connectivity index (χ2n) is 30.7. The summed E-state index contributed by atoms with van der Waals surface area (Å²) < 4.78 is 0. The summed E-state index contributed by atoms with van der Waals surface area (Å²) in [6, 6.07) is 64.5. The Labute approximate surface area is 614 Å². The smallest absolute Gasteiger partial charge is 0.120 e. The lowest BCUT2D eigenvalue weighted by molar-refractivity contribution is 0.607. The van der Waals surface area contributed by atoms with Crippen molar-refractivity contribution in [3.63, 3.8) is 0 Å². The van der Waals surface area contributed by atoms with Gasteiger partial charge in [0.2, 0.25) is 0 Å². The topological polar surface area (TPSA) is 156 Å². The zero-order valence-corrected chi connectivity index (χ0v) is 60.8. The Kier molecular flexibility index (Phi) is 17.1. The third-order valence-corrected chi connectivity index (χ3v) is 23.7. The molecule has 7 aromatic carbocycles. The van der Waals surface area contributed by atoms with Crippen LogP contribution in [0.4, 0.5) is 0 Å². The molecule has 24 bridgehead atoms. The van der Waals surface area contributed by atoms with Crippen LogP contribution in [0.2, 0.25) is 0 Å². The van der Waals surface area contributed by atoms with Crippen molar-refractivity contribution >= 4 is 71.8 Å². The molecule has 3 unspecified atom stereocenters. The van der Waals surface area contributed by atoms with Crippen molar-refractivity contribution in [2.24, 2.45) is 0 Å². The third-order valence-electron chi connectivity index (χ3n) is 23.7. The van der Waals surface area contributed by atoms with Crippen molar-refractivity contribution in [1.82, 2.24) is 54.8 Å². The normalized spacial score (nSPS) is 15.6. The van der Waals surface area contributed by atoms with Crippen molar-refractivity contribution < 1.29 is 0 Å². The Bertz CT molecular complexity index is 5870. The fourth-order valence-electron chi connectivity index (χ4n) is 18.0. The minimum Gasteiger partial charge on any atom is -0.358 e. The number of nitrogens with zero attached hydrogens (tertiary/aromatic N) is 6. The van der Waals surface area contributed by atoms with Crippen molar-refractivity contribution in [2.75, 3.05) is 0 Å². The fourth-order valence-corrected chi connectivity index (χ4v) is 18.0. The molecule has 4 aliphatic rings. The number of hydrogen-bond acceptors (Lipinski definition) is 6. The van der Waals surface area contributed by atoms with Crippen molar-refractivity contribution in [1.29, 1.82) is 0 Å². The standard InChI is InChI=1S/C94H91N11/c1-4-7-10-13-16-19-22-56-25-31-59(32-26-56)80-63-38-37-62(55-63)64-39-40-65-71-46-51-76(96-71)81(60-33-27-57(28-34-60)23-20-17-14-11-8-5-2)77-52-48-73(98-77)68-43-44-69-74-49-54-79(99-74)82(61-35-29-58(30-36-61)24-21-18-15-12-9-6-3)78-53-47-72(97-78)67-42-41-66(70-45-50-75(80)95-70)85-86(67)104-93-91(102-85)89-90(101-84(65)83(64)100-89)92-94(93)105-88(69)87(68)103-92/h25-54,80-82,95-99H,4-24,55H2,1-3H3. The largest absolute Gasteiger partial charge is 0.358 e. The van der Waals surface area contributed by atoms with E-state index in [0.29, 0.717) is 33.1 Å². The number of nitrogens with one attached hydrogen (secondary N) is 5. The molecule has 3 aliphatic heterocycles. The highest BCUT2D eigenvalue weighted by Crippen LogP contribution is 2.49. The second kappa shape index (κ2) is 27.7. The first kappa shape index (κ1) is 65.0. The third kappa shape index (κ3) is 11.8. The first-order valence-electron chi connectivity index (χ1n) is 39.6. The SMILES string of the molecule is CCCCCCCCc1ccc(C2C3=CC=C(C3)c3ccc4c5nc6c(nc35)c3nc5c(ccc7c5nc3c3nc5c(ccc(c5nc63)-c3ccc([nH]3)C(c3ccc(CCCCCCCC)cc3)c3ccc-4[nH]3)-c3ccc([nH]3)C(c3ccc(CCCCCCCC)cc3)c3ccc-7[nH]3)-c3ccc2[nH]3)cc1. The molecule has 15 aromatic rings. The van der Waals surface area contributed by atoms with Gasteiger partial charge in [0.1, 0.15) is 33.1 Å². The molecule has 0 spiro atoms. The summed E-state index contributed by atoms with van der Waals surface area (Å²) in [5.74, 6) is -0.385. The number of unbranched alkanes of at least 4 members (excludes halogenated alkanes) is 15. The molecule has 0 radical (unpaired) electrons. The monoisotopic (exact) mass is 1370 g/mol. The first-order valence-corrected chi connectivity index (χ1v) is 39.6. The van der Waals surface area contributed by atoms with E-state index >= 15 is 0 Å². The van der Waals surface area contributed by atoms with Crippen LogP contribution in [0.15, 0.2) is 188 Å². The van der Waals surface area contributed by atoms with Crippen LogP contribution in [0, 0.1) is 0 Å². The molecule has 11 nitrogen and oxygen atoms in total. The lowest BCUT2D eigenvalue weighted by Gasteiger charge is -2.20. The van der Waals surface area contributed by atoms with Crippen LogP contribution in [0.3, 0.4) is 0 Å². The average molecular weight is 1370 g/mol. The van der Waals surface area contributed by atoms with E-state index in [9.17, 15) is 0 Å². The van der Waals surface area contributed by atoms with Crippen molar-refractivity contribution in [3.8, 4) is 56.3 Å². The van der Waals surface area contributed by atoms with E-state index in [2.05, 4.69) is 228 Å². The number of aromatic nitrogens is 11. The molecule has 105 heavy (non-hydrogen) atoms. The van der Waals surface area contributed by atoms with Gasteiger partial charge in [-0.15, -0.1) is 0 Å². The molecule has 3 atom stereocenters. The Hall–Kier alpha value is -10.8. The van der Waals surface area contributed by atoms with Gasteiger partial charge in [-0.1, -0.05) is 214 Å². The fraction of sp³-hybridized carbons (Fsp3) is 0.298. The van der Waals surface area contributed by atoms with Crippen LogP contribution < -0.4 is 0 Å². The molecule has 11 heteroatoms. The van der Waals surface area contributed by atoms with Gasteiger partial charge < -0.3 is 24.9 Å². The highest BCUT2D eigenvalue weighted by Gasteiger charge is 2.32. The van der Waals surface area contributed by atoms with E-state index in [1.807, 2.05) is 0 Å². The summed E-state index contributed by atoms with van der Waals surface area (Å²) >= 11 is 0. The van der Waals surface area contributed by atoms with Crippen molar-refractivity contribution in [3.05, 3.63) is 255 Å². The van der Waals surface area contributed by atoms with Crippen molar-refractivity contribution in [2.45, 2.75) is 180 Å². The maximum Gasteiger partial charge on any atom is 0.120 e. The summed E-state index contributed by atoms with van der Waals surface area (Å²) in [5.41, 5.74) is 34.5. The average Bonchev–Trinajstić information content (AvgIpc) is 1.59. The molecule has 0 saturated heterocycles. The Morgan fingerprint density at radius 1 is 0.248 bits per heavy atom. The lowest BCUT2D eigenvalue weighted by Crippen LogP contribution is -2.06. The van der Waals surface area contributed by atoms with E-state index in [1.54, 1.807) is 0 Å². The predicted octanol–water partition coefficient (Wildman–Crippen LogP) is 24.5. The molecular weight excluding hydrogens is 1280 g/mol. The Morgan fingerprint density at radius 2 is 0.505 bits per heavy atom. The summed E-state index contributed by atoms with van der Waals surface area (Å²) in [4.78, 5) is 56.3. The van der Waals surface area contributed by atoms with Crippen LogP contribution in [0.5, 0.6) is 0 Å². The van der Waals surface area contributed by atoms with E-state index < -0.39 is 0 Å². The number of benzene rings is 7. The molecule has 0 saturated carbocycles. The number of aromatic amines is 5. The number of fused-ring (bicyclic) bond motifs is 18. The van der Waals surface area contributed by atoms with E-state index in [1.165, 1.54) is 160 Å². The maximum absolute atomic E-state index is 6.03. The maximum atomic E-state index is 6.03. The number of aryl methyl sites for hydroxylation is 3. The van der Waals surface area contributed by atoms with Crippen LogP contribution in [-0.2, 0) is 19.3 Å². The summed E-state index contributed by atoms with van der Waals surface area (Å²) in [5, 5.41) is 0. The first-order chi connectivity index (χ1) is 51.9. The highest BCUT2D eigenvalue weighted by molar-refractivity contribution is 6.23. The molecule has 1 aliphatic carbocycles. The molecule has 8 aromatic heterocycles. The zero-order valence-electron chi connectivity index (χ0n) is 60.8. The van der Waals surface area contributed by atoms with Gasteiger partial charge in [-0.05, 0) is 175 Å². The summed E-state index contributed by atoms with van der Waals surface area (Å²) in [7, 11) is 0. The highest BCUT2D eigenvalue weighted by atomic mass is 14.9. The quantitative estimate of drug-likeness (QED) is 0.0230. The summed E-state index contributed by atoms with van der Waals surface area (Å²) in [6.45, 7) is 6.87. The second-order valence-corrected chi connectivity index (χ2v) is 30.7. The van der Waals surface area contributed by atoms with E-state index in [0.717, 1.165) is 149 Å². The molecule has 0 fully saturated rings. The van der Waals surface area contributed by atoms with Crippen LogP contribution in [0.1, 0.15) is 228 Å². The van der Waals surface area contributed by atoms with Gasteiger partial charge in [0.25, 0.3) is 0 Å². The van der Waals surface area contributed by atoms with Gasteiger partial charge >= 0.3 is 0 Å². The predicted molar refractivity (Wildman–Crippen MR) is 432 cm³/mol. The molecule has 0 amide bonds.